The van der Waals surface area contributed by atoms with Crippen LogP contribution < -0.4 is 0 Å². The minimum atomic E-state index is 0.862. The number of pyridine rings is 1. The van der Waals surface area contributed by atoms with Gasteiger partial charge in [0.15, 0.2) is 0 Å². The van der Waals surface area contributed by atoms with Crippen molar-refractivity contribution in [3.63, 3.8) is 0 Å². The lowest BCUT2D eigenvalue weighted by molar-refractivity contribution is 0.669. The van der Waals surface area contributed by atoms with Crippen LogP contribution in [0.2, 0.25) is 0 Å². The molecule has 58 heavy (non-hydrogen) atoms. The largest absolute Gasteiger partial charge is 0.456 e. The number of rotatable bonds is 5. The van der Waals surface area contributed by atoms with Crippen molar-refractivity contribution >= 4 is 65.4 Å². The van der Waals surface area contributed by atoms with Crippen LogP contribution in [0, 0.1) is 0 Å². The Kier molecular flexibility index (Phi) is 7.23. The Morgan fingerprint density at radius 3 is 1.76 bits per heavy atom. The molecule has 0 amide bonds. The fourth-order valence-corrected chi connectivity index (χ4v) is 9.14. The molecule has 3 heterocycles. The summed E-state index contributed by atoms with van der Waals surface area (Å²) >= 11 is 0. The van der Waals surface area contributed by atoms with E-state index in [9.17, 15) is 0 Å². The fraction of sp³-hybridized carbons (Fsp3) is 0. The van der Waals surface area contributed by atoms with Crippen molar-refractivity contribution in [1.29, 1.82) is 0 Å². The Bertz CT molecular complexity index is 3540. The molecule has 0 atom stereocenters. The fourth-order valence-electron chi connectivity index (χ4n) is 9.14. The standard InChI is InChI=1S/C55H34N2O/c1-3-14-37(15-4-1)52-53-43-21-7-10-23-47(43)56-55(46(53)34-51-54(52)44-22-9-12-25-50(44)58-51)40-17-13-16-38(32-40)35-26-28-36(29-27-35)39-30-31-49-45(33-39)42-20-8-11-24-48(42)57(49)41-18-5-2-6-19-41/h1-34H. The average molecular weight is 739 g/mol. The summed E-state index contributed by atoms with van der Waals surface area (Å²) in [5.74, 6) is 0. The van der Waals surface area contributed by atoms with Crippen LogP contribution in [0.15, 0.2) is 211 Å². The van der Waals surface area contributed by atoms with Crippen LogP contribution in [-0.2, 0) is 0 Å². The molecule has 12 aromatic rings. The summed E-state index contributed by atoms with van der Waals surface area (Å²) in [6.07, 6.45) is 0. The number of benzene rings is 9. The molecule has 0 aliphatic rings. The second kappa shape index (κ2) is 12.9. The van der Waals surface area contributed by atoms with Crippen LogP contribution in [0.1, 0.15) is 0 Å². The molecule has 0 radical (unpaired) electrons. The first-order chi connectivity index (χ1) is 28.8. The van der Waals surface area contributed by atoms with E-state index in [0.29, 0.717) is 0 Å². The second-order valence-corrected chi connectivity index (χ2v) is 15.1. The molecule has 0 bridgehead atoms. The van der Waals surface area contributed by atoms with E-state index in [4.69, 9.17) is 9.40 Å². The van der Waals surface area contributed by atoms with Gasteiger partial charge in [-0.05, 0) is 82.4 Å². The van der Waals surface area contributed by atoms with Crippen LogP contribution in [0.25, 0.3) is 116 Å². The number of fused-ring (bicyclic) bond motifs is 9. The Labute approximate surface area is 334 Å². The van der Waals surface area contributed by atoms with E-state index in [0.717, 1.165) is 66.2 Å². The highest BCUT2D eigenvalue weighted by Crippen LogP contribution is 2.46. The van der Waals surface area contributed by atoms with Crippen molar-refractivity contribution in [1.82, 2.24) is 9.55 Å². The Morgan fingerprint density at radius 1 is 0.345 bits per heavy atom. The molecule has 3 heteroatoms. The Balaban J connectivity index is 0.993. The molecule has 9 aromatic carbocycles. The zero-order chi connectivity index (χ0) is 38.2. The summed E-state index contributed by atoms with van der Waals surface area (Å²) in [5.41, 5.74) is 15.3. The van der Waals surface area contributed by atoms with Crippen LogP contribution in [0.5, 0.6) is 0 Å². The molecule has 0 N–H and O–H groups in total. The molecule has 0 aliphatic heterocycles. The smallest absolute Gasteiger partial charge is 0.136 e. The predicted octanol–water partition coefficient (Wildman–Crippen LogP) is 15.1. The van der Waals surface area contributed by atoms with Gasteiger partial charge >= 0.3 is 0 Å². The monoisotopic (exact) mass is 738 g/mol. The number of hydrogen-bond donors (Lipinski definition) is 0. The maximum Gasteiger partial charge on any atom is 0.136 e. The first-order valence-electron chi connectivity index (χ1n) is 19.8. The number of furan rings is 1. The first kappa shape index (κ1) is 32.5. The van der Waals surface area contributed by atoms with Crippen molar-refractivity contribution in [3.05, 3.63) is 206 Å². The Morgan fingerprint density at radius 2 is 0.948 bits per heavy atom. The van der Waals surface area contributed by atoms with Crippen molar-refractivity contribution in [3.8, 4) is 50.3 Å². The summed E-state index contributed by atoms with van der Waals surface area (Å²) < 4.78 is 8.96. The van der Waals surface area contributed by atoms with E-state index < -0.39 is 0 Å². The molecule has 0 fully saturated rings. The zero-order valence-electron chi connectivity index (χ0n) is 31.4. The third-order valence-electron chi connectivity index (χ3n) is 11.8. The minimum Gasteiger partial charge on any atom is -0.456 e. The number of hydrogen-bond acceptors (Lipinski definition) is 2. The number of nitrogens with zero attached hydrogens (tertiary/aromatic N) is 2. The van der Waals surface area contributed by atoms with Crippen molar-refractivity contribution < 1.29 is 4.42 Å². The molecule has 270 valence electrons. The van der Waals surface area contributed by atoms with E-state index in [1.807, 2.05) is 6.07 Å². The summed E-state index contributed by atoms with van der Waals surface area (Å²) in [4.78, 5) is 5.38. The first-order valence-corrected chi connectivity index (χ1v) is 19.8. The zero-order valence-corrected chi connectivity index (χ0v) is 31.4. The molecule has 3 aromatic heterocycles. The van der Waals surface area contributed by atoms with Gasteiger partial charge in [0, 0.05) is 54.5 Å². The molecule has 0 saturated heterocycles. The molecule has 0 unspecified atom stereocenters. The summed E-state index contributed by atoms with van der Waals surface area (Å²) in [6, 6.07) is 73.7. The van der Waals surface area contributed by atoms with Gasteiger partial charge in [0.25, 0.3) is 0 Å². The van der Waals surface area contributed by atoms with E-state index in [2.05, 4.69) is 205 Å². The lowest BCUT2D eigenvalue weighted by atomic mass is 9.89. The molecule has 3 nitrogen and oxygen atoms in total. The van der Waals surface area contributed by atoms with Crippen molar-refractivity contribution in [2.75, 3.05) is 0 Å². The predicted molar refractivity (Wildman–Crippen MR) is 243 cm³/mol. The van der Waals surface area contributed by atoms with E-state index in [1.165, 1.54) is 49.6 Å². The van der Waals surface area contributed by atoms with Crippen LogP contribution in [0.3, 0.4) is 0 Å². The van der Waals surface area contributed by atoms with Gasteiger partial charge in [0.1, 0.15) is 11.2 Å². The highest BCUT2D eigenvalue weighted by molar-refractivity contribution is 6.27. The lowest BCUT2D eigenvalue weighted by Crippen LogP contribution is -1.93. The molecule has 0 spiro atoms. The minimum absolute atomic E-state index is 0.862. The summed E-state index contributed by atoms with van der Waals surface area (Å²) in [6.45, 7) is 0. The van der Waals surface area contributed by atoms with Crippen LogP contribution >= 0.6 is 0 Å². The van der Waals surface area contributed by atoms with E-state index in [-0.39, 0.29) is 0 Å². The third kappa shape index (κ3) is 5.04. The van der Waals surface area contributed by atoms with Gasteiger partial charge in [-0.1, -0.05) is 152 Å². The number of para-hydroxylation sites is 4. The van der Waals surface area contributed by atoms with Gasteiger partial charge in [-0.25, -0.2) is 4.98 Å². The number of aromatic nitrogens is 2. The summed E-state index contributed by atoms with van der Waals surface area (Å²) in [5, 5.41) is 8.13. The van der Waals surface area contributed by atoms with E-state index >= 15 is 0 Å². The summed E-state index contributed by atoms with van der Waals surface area (Å²) in [7, 11) is 0. The second-order valence-electron chi connectivity index (χ2n) is 15.1. The van der Waals surface area contributed by atoms with Gasteiger partial charge in [-0.15, -0.1) is 0 Å². The van der Waals surface area contributed by atoms with Gasteiger partial charge < -0.3 is 8.98 Å². The van der Waals surface area contributed by atoms with Crippen molar-refractivity contribution in [2.24, 2.45) is 0 Å². The quantitative estimate of drug-likeness (QED) is 0.165. The van der Waals surface area contributed by atoms with Gasteiger partial charge in [-0.3, -0.25) is 0 Å². The third-order valence-corrected chi connectivity index (χ3v) is 11.8. The van der Waals surface area contributed by atoms with Crippen LogP contribution in [0.4, 0.5) is 0 Å². The van der Waals surface area contributed by atoms with Gasteiger partial charge in [-0.2, -0.15) is 0 Å². The molecule has 12 rings (SSSR count). The molecular weight excluding hydrogens is 705 g/mol. The lowest BCUT2D eigenvalue weighted by Gasteiger charge is -2.16. The molecule has 0 saturated carbocycles. The van der Waals surface area contributed by atoms with E-state index in [1.54, 1.807) is 0 Å². The van der Waals surface area contributed by atoms with Crippen LogP contribution in [-0.4, -0.2) is 9.55 Å². The Hall–Kier alpha value is -7.75. The van der Waals surface area contributed by atoms with Gasteiger partial charge in [0.05, 0.1) is 22.2 Å². The molecule has 0 aliphatic carbocycles. The highest BCUT2D eigenvalue weighted by Gasteiger charge is 2.22. The maximum absolute atomic E-state index is 6.60. The topological polar surface area (TPSA) is 31.0 Å². The SMILES string of the molecule is c1ccc(-c2c3c(cc4c(-c5cccc(-c6ccc(-c7ccc8c(c7)c7ccccc7n8-c7ccccc7)cc6)c5)nc5ccccc5c24)oc2ccccc23)cc1. The highest BCUT2D eigenvalue weighted by atomic mass is 16.3. The van der Waals surface area contributed by atoms with Crippen molar-refractivity contribution in [2.45, 2.75) is 0 Å². The molecular formula is C55H34N2O. The average Bonchev–Trinajstić information content (AvgIpc) is 3.84. The maximum atomic E-state index is 6.60. The van der Waals surface area contributed by atoms with Gasteiger partial charge in [0.2, 0.25) is 0 Å². The normalized spacial score (nSPS) is 11.8.